The minimum Gasteiger partial charge on any atom is -0.493 e. The molecule has 3 fully saturated rings. The van der Waals surface area contributed by atoms with Gasteiger partial charge in [-0.2, -0.15) is 0 Å². The molecule has 2 heterocycles. The van der Waals surface area contributed by atoms with Crippen molar-refractivity contribution in [3.8, 4) is 5.75 Å². The van der Waals surface area contributed by atoms with E-state index in [1.165, 1.54) is 4.90 Å². The summed E-state index contributed by atoms with van der Waals surface area (Å²) in [5.41, 5.74) is 1.24. The Morgan fingerprint density at radius 2 is 2.14 bits per heavy atom. The number of urea groups is 1. The monoisotopic (exact) mass is 386 g/mol. The van der Waals surface area contributed by atoms with Crippen molar-refractivity contribution >= 4 is 11.9 Å². The van der Waals surface area contributed by atoms with Gasteiger partial charge in [-0.05, 0) is 43.7 Å². The molecular weight excluding hydrogens is 356 g/mol. The maximum absolute atomic E-state index is 13.2. The van der Waals surface area contributed by atoms with Crippen LogP contribution in [0.1, 0.15) is 50.2 Å². The lowest BCUT2D eigenvalue weighted by Crippen LogP contribution is -2.53. The van der Waals surface area contributed by atoms with Crippen molar-refractivity contribution in [3.05, 3.63) is 29.3 Å². The van der Waals surface area contributed by atoms with Crippen molar-refractivity contribution < 1.29 is 19.1 Å². The van der Waals surface area contributed by atoms with E-state index in [4.69, 9.17) is 9.47 Å². The number of ether oxygens (including phenoxy) is 2. The van der Waals surface area contributed by atoms with E-state index in [1.807, 2.05) is 25.1 Å². The number of amides is 3. The number of nitrogens with zero attached hydrogens (tertiary/aromatic N) is 1. The van der Waals surface area contributed by atoms with Crippen LogP contribution < -0.4 is 10.1 Å². The first-order chi connectivity index (χ1) is 13.5. The molecule has 1 spiro atoms. The summed E-state index contributed by atoms with van der Waals surface area (Å²) in [5, 5.41) is 3.03. The maximum atomic E-state index is 13.2. The Morgan fingerprint density at radius 3 is 2.89 bits per heavy atom. The third-order valence-electron chi connectivity index (χ3n) is 6.55. The Morgan fingerprint density at radius 1 is 1.29 bits per heavy atom. The summed E-state index contributed by atoms with van der Waals surface area (Å²) in [7, 11) is 0. The van der Waals surface area contributed by atoms with E-state index in [1.54, 1.807) is 0 Å². The van der Waals surface area contributed by atoms with Gasteiger partial charge in [0.25, 0.3) is 5.91 Å². The summed E-state index contributed by atoms with van der Waals surface area (Å²) >= 11 is 0. The number of imide groups is 1. The molecule has 0 unspecified atom stereocenters. The van der Waals surface area contributed by atoms with Crippen LogP contribution in [0.15, 0.2) is 18.2 Å². The number of hydrogen-bond acceptors (Lipinski definition) is 4. The standard InChI is InChI=1S/C22H30N2O4/c1-15-6-7-18(19(11-15)28-14-17-8-10-27-13-17)12-24-20(25)22(23-21(24)26)9-4-3-5-16(22)2/h6-7,11,16-17H,3-5,8-10,12-14H2,1-2H3,(H,23,26)/t16-,17-,22-/m0/s1. The molecule has 3 aliphatic rings. The summed E-state index contributed by atoms with van der Waals surface area (Å²) in [6.07, 6.45) is 4.81. The van der Waals surface area contributed by atoms with Gasteiger partial charge in [-0.1, -0.05) is 31.9 Å². The van der Waals surface area contributed by atoms with Crippen LogP contribution in [-0.4, -0.2) is 42.2 Å². The number of rotatable bonds is 5. The fourth-order valence-electron chi connectivity index (χ4n) is 4.66. The van der Waals surface area contributed by atoms with E-state index in [0.29, 0.717) is 12.5 Å². The van der Waals surface area contributed by atoms with Crippen LogP contribution in [0.25, 0.3) is 0 Å². The zero-order chi connectivity index (χ0) is 19.7. The first kappa shape index (κ1) is 19.2. The SMILES string of the molecule is Cc1ccc(CN2C(=O)N[C@]3(CCCC[C@@H]3C)C2=O)c(OC[C@H]2CCOC2)c1. The zero-order valence-corrected chi connectivity index (χ0v) is 16.8. The van der Waals surface area contributed by atoms with Gasteiger partial charge >= 0.3 is 6.03 Å². The van der Waals surface area contributed by atoms with E-state index in [9.17, 15) is 9.59 Å². The van der Waals surface area contributed by atoms with Crippen molar-refractivity contribution in [2.24, 2.45) is 11.8 Å². The molecular formula is C22H30N2O4. The Bertz CT molecular complexity index is 759. The zero-order valence-electron chi connectivity index (χ0n) is 16.8. The molecule has 3 amide bonds. The summed E-state index contributed by atoms with van der Waals surface area (Å²) in [4.78, 5) is 27.3. The molecule has 1 saturated carbocycles. The topological polar surface area (TPSA) is 67.9 Å². The van der Waals surface area contributed by atoms with Crippen molar-refractivity contribution in [3.63, 3.8) is 0 Å². The molecule has 152 valence electrons. The minimum atomic E-state index is -0.720. The van der Waals surface area contributed by atoms with Crippen LogP contribution >= 0.6 is 0 Å². The first-order valence-electron chi connectivity index (χ1n) is 10.4. The highest BCUT2D eigenvalue weighted by Gasteiger charge is 2.54. The van der Waals surface area contributed by atoms with Crippen molar-refractivity contribution in [2.45, 2.75) is 58.0 Å². The van der Waals surface area contributed by atoms with Crippen LogP contribution in [0.4, 0.5) is 4.79 Å². The third-order valence-corrected chi connectivity index (χ3v) is 6.55. The largest absolute Gasteiger partial charge is 0.493 e. The van der Waals surface area contributed by atoms with Gasteiger partial charge in [0.05, 0.1) is 19.8 Å². The van der Waals surface area contributed by atoms with Crippen molar-refractivity contribution in [1.29, 1.82) is 0 Å². The maximum Gasteiger partial charge on any atom is 0.325 e. The van der Waals surface area contributed by atoms with Gasteiger partial charge in [0.2, 0.25) is 0 Å². The molecule has 0 radical (unpaired) electrons. The van der Waals surface area contributed by atoms with Crippen LogP contribution in [0, 0.1) is 18.8 Å². The molecule has 2 saturated heterocycles. The van der Waals surface area contributed by atoms with Gasteiger partial charge in [0.1, 0.15) is 11.3 Å². The quantitative estimate of drug-likeness (QED) is 0.788. The molecule has 0 aromatic heterocycles. The van der Waals surface area contributed by atoms with E-state index < -0.39 is 5.54 Å². The number of benzene rings is 1. The smallest absolute Gasteiger partial charge is 0.325 e. The minimum absolute atomic E-state index is 0.0829. The average molecular weight is 386 g/mol. The lowest BCUT2D eigenvalue weighted by Gasteiger charge is -2.36. The second-order valence-corrected chi connectivity index (χ2v) is 8.59. The molecule has 0 bridgehead atoms. The summed E-state index contributed by atoms with van der Waals surface area (Å²) < 4.78 is 11.5. The highest BCUT2D eigenvalue weighted by atomic mass is 16.5. The third kappa shape index (κ3) is 3.50. The molecule has 1 aliphatic carbocycles. The van der Waals surface area contributed by atoms with Gasteiger partial charge in [0, 0.05) is 18.1 Å². The average Bonchev–Trinajstić information content (AvgIpc) is 3.27. The summed E-state index contributed by atoms with van der Waals surface area (Å²) in [6, 6.07) is 5.67. The highest BCUT2D eigenvalue weighted by molar-refractivity contribution is 6.07. The Balaban J connectivity index is 1.51. The van der Waals surface area contributed by atoms with E-state index in [-0.39, 0.29) is 24.4 Å². The molecule has 6 heteroatoms. The predicted octanol–water partition coefficient (Wildman–Crippen LogP) is 3.41. The van der Waals surface area contributed by atoms with Crippen molar-refractivity contribution in [1.82, 2.24) is 10.2 Å². The van der Waals surface area contributed by atoms with E-state index in [2.05, 4.69) is 12.2 Å². The molecule has 3 atom stereocenters. The number of nitrogens with one attached hydrogen (secondary N) is 1. The van der Waals surface area contributed by atoms with Gasteiger partial charge in [-0.3, -0.25) is 9.69 Å². The molecule has 1 aromatic rings. The van der Waals surface area contributed by atoms with Gasteiger partial charge in [-0.25, -0.2) is 4.79 Å². The van der Waals surface area contributed by atoms with Gasteiger partial charge in [0.15, 0.2) is 0 Å². The normalized spacial score (nSPS) is 30.1. The molecule has 2 aliphatic heterocycles. The van der Waals surface area contributed by atoms with E-state index >= 15 is 0 Å². The Kier molecular flexibility index (Phi) is 5.32. The second-order valence-electron chi connectivity index (χ2n) is 8.59. The van der Waals surface area contributed by atoms with Crippen LogP contribution in [0.3, 0.4) is 0 Å². The number of aryl methyl sites for hydroxylation is 1. The van der Waals surface area contributed by atoms with Crippen LogP contribution in [0.2, 0.25) is 0 Å². The van der Waals surface area contributed by atoms with Crippen LogP contribution in [-0.2, 0) is 16.1 Å². The number of carbonyl (C=O) groups is 2. The molecule has 28 heavy (non-hydrogen) atoms. The van der Waals surface area contributed by atoms with Gasteiger partial charge < -0.3 is 14.8 Å². The second kappa shape index (κ2) is 7.74. The predicted molar refractivity (Wildman–Crippen MR) is 105 cm³/mol. The fourth-order valence-corrected chi connectivity index (χ4v) is 4.66. The van der Waals surface area contributed by atoms with Crippen molar-refractivity contribution in [2.75, 3.05) is 19.8 Å². The number of carbonyl (C=O) groups excluding carboxylic acids is 2. The first-order valence-corrected chi connectivity index (χ1v) is 10.4. The Labute approximate surface area is 166 Å². The molecule has 1 N–H and O–H groups in total. The molecule has 6 nitrogen and oxygen atoms in total. The summed E-state index contributed by atoms with van der Waals surface area (Å²) in [5.74, 6) is 1.24. The fraction of sp³-hybridized carbons (Fsp3) is 0.636. The lowest BCUT2D eigenvalue weighted by molar-refractivity contribution is -0.134. The summed E-state index contributed by atoms with van der Waals surface area (Å²) in [6.45, 7) is 6.45. The van der Waals surface area contributed by atoms with Crippen LogP contribution in [0.5, 0.6) is 5.75 Å². The number of hydrogen-bond donors (Lipinski definition) is 1. The highest BCUT2D eigenvalue weighted by Crippen LogP contribution is 2.39. The molecule has 4 rings (SSSR count). The van der Waals surface area contributed by atoms with Gasteiger partial charge in [-0.15, -0.1) is 0 Å². The van der Waals surface area contributed by atoms with E-state index in [0.717, 1.165) is 62.2 Å². The molecule has 1 aromatic carbocycles. The lowest BCUT2D eigenvalue weighted by atomic mass is 9.73. The Hall–Kier alpha value is -2.08.